The lowest BCUT2D eigenvalue weighted by atomic mass is 9.98. The molecule has 9 heteroatoms. The van der Waals surface area contributed by atoms with Crippen molar-refractivity contribution >= 4 is 33.3 Å². The van der Waals surface area contributed by atoms with E-state index in [1.807, 2.05) is 19.9 Å². The Morgan fingerprint density at radius 3 is 2.59 bits per heavy atom. The minimum Gasteiger partial charge on any atom is -0.490 e. The highest BCUT2D eigenvalue weighted by Crippen LogP contribution is 2.43. The Hall–Kier alpha value is -3.72. The third kappa shape index (κ3) is 3.13. The standard InChI is InChI=1S/C23H19N3O5S/c1-3-29-16-10-9-13(11-17(16)30-4-2)19-18-20(27)14-7-5-6-8-15(14)31-21(18)22(28)26(19)23-25-24-12-32-23/h5-12,19H,3-4H2,1-2H3/t19-/m0/s1. The highest BCUT2D eigenvalue weighted by molar-refractivity contribution is 7.13. The fourth-order valence-electron chi connectivity index (χ4n) is 3.94. The van der Waals surface area contributed by atoms with E-state index in [0.717, 1.165) is 0 Å². The molecule has 0 saturated heterocycles. The van der Waals surface area contributed by atoms with Gasteiger partial charge in [-0.05, 0) is 43.7 Å². The van der Waals surface area contributed by atoms with Crippen LogP contribution in [0.1, 0.15) is 41.6 Å². The minimum atomic E-state index is -0.735. The number of amides is 1. The Balaban J connectivity index is 1.76. The third-order valence-electron chi connectivity index (χ3n) is 5.22. The topological polar surface area (TPSA) is 94.8 Å². The van der Waals surface area contributed by atoms with Crippen LogP contribution in [0.2, 0.25) is 0 Å². The second-order valence-electron chi connectivity index (χ2n) is 7.04. The highest BCUT2D eigenvalue weighted by atomic mass is 32.1. The summed E-state index contributed by atoms with van der Waals surface area (Å²) < 4.78 is 17.4. The Morgan fingerprint density at radius 2 is 1.84 bits per heavy atom. The molecule has 0 N–H and O–H groups in total. The molecule has 0 fully saturated rings. The molecule has 1 amide bonds. The molecule has 1 aliphatic rings. The Labute approximate surface area is 187 Å². The van der Waals surface area contributed by atoms with Gasteiger partial charge in [-0.3, -0.25) is 14.5 Å². The largest absolute Gasteiger partial charge is 0.490 e. The van der Waals surface area contributed by atoms with Gasteiger partial charge < -0.3 is 13.9 Å². The van der Waals surface area contributed by atoms with Gasteiger partial charge in [-0.1, -0.05) is 29.5 Å². The maximum Gasteiger partial charge on any atom is 0.297 e. The lowest BCUT2D eigenvalue weighted by molar-refractivity contribution is 0.0970. The second-order valence-corrected chi connectivity index (χ2v) is 7.85. The summed E-state index contributed by atoms with van der Waals surface area (Å²) >= 11 is 1.21. The number of para-hydroxylation sites is 1. The van der Waals surface area contributed by atoms with Crippen molar-refractivity contribution in [2.75, 3.05) is 18.1 Å². The molecule has 0 spiro atoms. The molecule has 1 atom stereocenters. The highest BCUT2D eigenvalue weighted by Gasteiger charge is 2.45. The van der Waals surface area contributed by atoms with E-state index >= 15 is 0 Å². The lowest BCUT2D eigenvalue weighted by Crippen LogP contribution is -2.29. The zero-order chi connectivity index (χ0) is 22.2. The zero-order valence-electron chi connectivity index (χ0n) is 17.4. The zero-order valence-corrected chi connectivity index (χ0v) is 18.2. The molecule has 0 unspecified atom stereocenters. The van der Waals surface area contributed by atoms with Crippen LogP contribution in [-0.2, 0) is 0 Å². The van der Waals surface area contributed by atoms with Crippen molar-refractivity contribution < 1.29 is 18.7 Å². The van der Waals surface area contributed by atoms with Crippen LogP contribution in [0.15, 0.2) is 57.2 Å². The summed E-state index contributed by atoms with van der Waals surface area (Å²) in [6.07, 6.45) is 0. The van der Waals surface area contributed by atoms with Gasteiger partial charge in [0.15, 0.2) is 16.9 Å². The van der Waals surface area contributed by atoms with Gasteiger partial charge in [0.05, 0.1) is 30.2 Å². The van der Waals surface area contributed by atoms with Crippen molar-refractivity contribution in [1.82, 2.24) is 10.2 Å². The number of anilines is 1. The number of aromatic nitrogens is 2. The monoisotopic (exact) mass is 449 g/mol. The molecule has 0 saturated carbocycles. The lowest BCUT2D eigenvalue weighted by Gasteiger charge is -2.23. The fourth-order valence-corrected chi connectivity index (χ4v) is 4.53. The predicted molar refractivity (Wildman–Crippen MR) is 120 cm³/mol. The molecule has 8 nitrogen and oxygen atoms in total. The normalized spacial score (nSPS) is 15.2. The Morgan fingerprint density at radius 1 is 1.06 bits per heavy atom. The fraction of sp³-hybridized carbons (Fsp3) is 0.217. The number of carbonyl (C=O) groups excluding carboxylic acids is 1. The van der Waals surface area contributed by atoms with Crippen LogP contribution in [0.3, 0.4) is 0 Å². The van der Waals surface area contributed by atoms with Gasteiger partial charge in [0.2, 0.25) is 10.9 Å². The van der Waals surface area contributed by atoms with Crippen molar-refractivity contribution in [3.63, 3.8) is 0 Å². The van der Waals surface area contributed by atoms with Crippen molar-refractivity contribution in [3.05, 3.63) is 75.1 Å². The molecule has 32 heavy (non-hydrogen) atoms. The van der Waals surface area contributed by atoms with Gasteiger partial charge in [-0.25, -0.2) is 0 Å². The van der Waals surface area contributed by atoms with E-state index in [9.17, 15) is 9.59 Å². The van der Waals surface area contributed by atoms with Crippen LogP contribution in [0.5, 0.6) is 11.5 Å². The smallest absolute Gasteiger partial charge is 0.297 e. The molecule has 0 bridgehead atoms. The van der Waals surface area contributed by atoms with Crippen LogP contribution in [0, 0.1) is 0 Å². The molecular weight excluding hydrogens is 430 g/mol. The van der Waals surface area contributed by atoms with Crippen LogP contribution >= 0.6 is 11.3 Å². The maximum atomic E-state index is 13.5. The molecular formula is C23H19N3O5S. The van der Waals surface area contributed by atoms with Gasteiger partial charge in [0, 0.05) is 0 Å². The molecule has 2 aromatic heterocycles. The van der Waals surface area contributed by atoms with Gasteiger partial charge in [0.25, 0.3) is 5.91 Å². The molecule has 162 valence electrons. The molecule has 3 heterocycles. The summed E-state index contributed by atoms with van der Waals surface area (Å²) in [5.41, 5.74) is 2.61. The summed E-state index contributed by atoms with van der Waals surface area (Å²) in [4.78, 5) is 28.4. The first-order chi connectivity index (χ1) is 15.6. The van der Waals surface area contributed by atoms with E-state index in [0.29, 0.717) is 46.4 Å². The quantitative estimate of drug-likeness (QED) is 0.436. The van der Waals surface area contributed by atoms with E-state index < -0.39 is 11.9 Å². The van der Waals surface area contributed by atoms with Crippen molar-refractivity contribution in [3.8, 4) is 11.5 Å². The van der Waals surface area contributed by atoms with Crippen LogP contribution in [0.4, 0.5) is 5.13 Å². The predicted octanol–water partition coefficient (Wildman–Crippen LogP) is 4.19. The van der Waals surface area contributed by atoms with E-state index in [-0.39, 0.29) is 16.8 Å². The minimum absolute atomic E-state index is 0.0146. The number of hydrogen-bond acceptors (Lipinski definition) is 8. The first kappa shape index (κ1) is 20.2. The van der Waals surface area contributed by atoms with Gasteiger partial charge in [-0.2, -0.15) is 0 Å². The number of benzene rings is 2. The number of fused-ring (bicyclic) bond motifs is 2. The number of carbonyl (C=O) groups is 1. The van der Waals surface area contributed by atoms with E-state index in [1.165, 1.54) is 21.7 Å². The third-order valence-corrected chi connectivity index (χ3v) is 5.90. The summed E-state index contributed by atoms with van der Waals surface area (Å²) in [5.74, 6) is 0.711. The summed E-state index contributed by atoms with van der Waals surface area (Å²) in [6, 6.07) is 11.6. The Bertz CT molecular complexity index is 1370. The Kier molecular flexibility index (Phi) is 5.10. The maximum absolute atomic E-state index is 13.5. The number of hydrogen-bond donors (Lipinski definition) is 0. The van der Waals surface area contributed by atoms with Crippen molar-refractivity contribution in [2.24, 2.45) is 0 Å². The molecule has 0 radical (unpaired) electrons. The SMILES string of the molecule is CCOc1ccc([C@H]2c3c(oc4ccccc4c3=O)C(=O)N2c2nncs2)cc1OCC. The van der Waals surface area contributed by atoms with E-state index in [2.05, 4.69) is 10.2 Å². The summed E-state index contributed by atoms with van der Waals surface area (Å²) in [5, 5.41) is 8.76. The number of rotatable bonds is 6. The van der Waals surface area contributed by atoms with Gasteiger partial charge in [0.1, 0.15) is 11.1 Å². The first-order valence-electron chi connectivity index (χ1n) is 10.2. The second kappa shape index (κ2) is 8.08. The van der Waals surface area contributed by atoms with Gasteiger partial charge >= 0.3 is 0 Å². The van der Waals surface area contributed by atoms with Gasteiger partial charge in [-0.15, -0.1) is 10.2 Å². The molecule has 2 aromatic carbocycles. The molecule has 1 aliphatic heterocycles. The number of nitrogens with zero attached hydrogens (tertiary/aromatic N) is 3. The molecule has 5 rings (SSSR count). The number of ether oxygens (including phenoxy) is 2. The molecule has 4 aromatic rings. The molecule has 0 aliphatic carbocycles. The average Bonchev–Trinajstić information content (AvgIpc) is 3.42. The summed E-state index contributed by atoms with van der Waals surface area (Å²) in [6.45, 7) is 4.70. The first-order valence-corrected chi connectivity index (χ1v) is 11.1. The van der Waals surface area contributed by atoms with Crippen LogP contribution in [-0.4, -0.2) is 29.3 Å². The van der Waals surface area contributed by atoms with Crippen molar-refractivity contribution in [2.45, 2.75) is 19.9 Å². The van der Waals surface area contributed by atoms with E-state index in [4.69, 9.17) is 13.9 Å². The van der Waals surface area contributed by atoms with Crippen LogP contribution < -0.4 is 19.8 Å². The van der Waals surface area contributed by atoms with E-state index in [1.54, 1.807) is 36.4 Å². The average molecular weight is 449 g/mol. The van der Waals surface area contributed by atoms with Crippen LogP contribution in [0.25, 0.3) is 11.0 Å². The summed E-state index contributed by atoms with van der Waals surface area (Å²) in [7, 11) is 0. The van der Waals surface area contributed by atoms with Crippen molar-refractivity contribution in [1.29, 1.82) is 0 Å².